The van der Waals surface area contributed by atoms with Gasteiger partial charge in [0.1, 0.15) is 4.90 Å². The van der Waals surface area contributed by atoms with E-state index in [1.165, 1.54) is 6.07 Å². The van der Waals surface area contributed by atoms with Crippen LogP contribution in [-0.4, -0.2) is 20.1 Å². The van der Waals surface area contributed by atoms with Crippen LogP contribution in [0.4, 0.5) is 18.9 Å². The van der Waals surface area contributed by atoms with Crippen LogP contribution in [0, 0.1) is 0 Å². The number of halogens is 3. The molecule has 0 aliphatic carbocycles. The van der Waals surface area contributed by atoms with Gasteiger partial charge in [0.25, 0.3) is 5.12 Å². The van der Waals surface area contributed by atoms with Crippen molar-refractivity contribution in [1.29, 1.82) is 0 Å². The van der Waals surface area contributed by atoms with Crippen LogP contribution in [-0.2, 0) is 20.8 Å². The van der Waals surface area contributed by atoms with Crippen LogP contribution in [0.3, 0.4) is 0 Å². The van der Waals surface area contributed by atoms with E-state index in [-0.39, 0.29) is 5.69 Å². The van der Waals surface area contributed by atoms with Crippen LogP contribution in [0.5, 0.6) is 0 Å². The fourth-order valence-electron chi connectivity index (χ4n) is 1.57. The number of nitrogens with one attached hydrogen (secondary N) is 1. The van der Waals surface area contributed by atoms with Gasteiger partial charge in [0.05, 0.1) is 17.8 Å². The van der Waals surface area contributed by atoms with Crippen LogP contribution in [0.25, 0.3) is 0 Å². The lowest BCUT2D eigenvalue weighted by atomic mass is 10.2. The summed E-state index contributed by atoms with van der Waals surface area (Å²) in [6, 6.07) is 2.91. The third-order valence-corrected chi connectivity index (χ3v) is 4.03. The van der Waals surface area contributed by atoms with E-state index in [1.807, 2.05) is 0 Å². The van der Waals surface area contributed by atoms with Crippen molar-refractivity contribution in [3.05, 3.63) is 23.8 Å². The van der Waals surface area contributed by atoms with Crippen molar-refractivity contribution in [1.82, 2.24) is 0 Å². The van der Waals surface area contributed by atoms with Crippen LogP contribution >= 0.6 is 0 Å². The summed E-state index contributed by atoms with van der Waals surface area (Å²) >= 11 is 0. The maximum atomic E-state index is 12.6. The maximum absolute atomic E-state index is 12.6. The number of carbonyl (C=O) groups is 1. The van der Waals surface area contributed by atoms with Gasteiger partial charge in [-0.1, -0.05) is 6.07 Å². The van der Waals surface area contributed by atoms with Crippen molar-refractivity contribution < 1.29 is 26.4 Å². The van der Waals surface area contributed by atoms with E-state index in [1.54, 1.807) is 0 Å². The molecule has 1 heterocycles. The SMILES string of the molecule is O=C1CNc2cccc(C(F)(F)F)c2S1(=O)=O. The van der Waals surface area contributed by atoms with Gasteiger partial charge < -0.3 is 5.32 Å². The Kier molecular flexibility index (Phi) is 2.42. The molecule has 8 heteroatoms. The van der Waals surface area contributed by atoms with Crippen molar-refractivity contribution >= 4 is 20.6 Å². The third kappa shape index (κ3) is 1.78. The minimum Gasteiger partial charge on any atom is -0.376 e. The zero-order valence-electron chi connectivity index (χ0n) is 8.21. The minimum absolute atomic E-state index is 0.195. The molecule has 0 saturated heterocycles. The summed E-state index contributed by atoms with van der Waals surface area (Å²) in [6.07, 6.45) is -4.82. The number of fused-ring (bicyclic) bond motifs is 1. The summed E-state index contributed by atoms with van der Waals surface area (Å²) in [7, 11) is -4.56. The van der Waals surface area contributed by atoms with Crippen LogP contribution in [0.15, 0.2) is 23.1 Å². The Labute approximate surface area is 94.4 Å². The van der Waals surface area contributed by atoms with E-state index in [4.69, 9.17) is 0 Å². The molecule has 17 heavy (non-hydrogen) atoms. The molecule has 0 atom stereocenters. The molecule has 1 aromatic rings. The third-order valence-electron chi connectivity index (χ3n) is 2.31. The summed E-state index contributed by atoms with van der Waals surface area (Å²) in [5.74, 6) is 0. The van der Waals surface area contributed by atoms with Gasteiger partial charge in [0.2, 0.25) is 9.84 Å². The van der Waals surface area contributed by atoms with Crippen molar-refractivity contribution in [2.75, 3.05) is 11.9 Å². The number of alkyl halides is 3. The Morgan fingerprint density at radius 2 is 1.88 bits per heavy atom. The highest BCUT2D eigenvalue weighted by atomic mass is 32.2. The first-order chi connectivity index (χ1) is 7.74. The van der Waals surface area contributed by atoms with Crippen LogP contribution < -0.4 is 5.32 Å². The second-order valence-corrected chi connectivity index (χ2v) is 5.28. The number of hydrogen-bond donors (Lipinski definition) is 1. The standard InChI is InChI=1S/C9H6F3NO3S/c10-9(11,12)5-2-1-3-6-8(5)17(15,16)7(14)4-13-6/h1-3,13H,4H2. The number of benzene rings is 1. The number of hydrogen-bond acceptors (Lipinski definition) is 4. The lowest BCUT2D eigenvalue weighted by Crippen LogP contribution is -2.31. The Balaban J connectivity index is 2.81. The van der Waals surface area contributed by atoms with Crippen LogP contribution in [0.2, 0.25) is 0 Å². The minimum atomic E-state index is -4.82. The number of sulfone groups is 1. The van der Waals surface area contributed by atoms with Gasteiger partial charge in [-0.15, -0.1) is 0 Å². The van der Waals surface area contributed by atoms with Gasteiger partial charge in [-0.05, 0) is 12.1 Å². The zero-order valence-corrected chi connectivity index (χ0v) is 9.02. The Morgan fingerprint density at radius 1 is 1.24 bits per heavy atom. The molecule has 0 amide bonds. The molecule has 0 aromatic heterocycles. The molecule has 0 spiro atoms. The molecular weight excluding hydrogens is 259 g/mol. The average molecular weight is 265 g/mol. The van der Waals surface area contributed by atoms with E-state index >= 15 is 0 Å². The van der Waals surface area contributed by atoms with Crippen molar-refractivity contribution in [2.24, 2.45) is 0 Å². The highest BCUT2D eigenvalue weighted by Gasteiger charge is 2.42. The molecule has 2 rings (SSSR count). The molecule has 0 saturated carbocycles. The summed E-state index contributed by atoms with van der Waals surface area (Å²) < 4.78 is 61.1. The zero-order chi connectivity index (χ0) is 12.8. The predicted octanol–water partition coefficient (Wildman–Crippen LogP) is 1.43. The van der Waals surface area contributed by atoms with Crippen molar-refractivity contribution in [2.45, 2.75) is 11.1 Å². The number of anilines is 1. The summed E-state index contributed by atoms with van der Waals surface area (Å²) in [5, 5.41) is 1.09. The first-order valence-corrected chi connectivity index (χ1v) is 5.95. The molecule has 1 aliphatic rings. The van der Waals surface area contributed by atoms with Gasteiger partial charge in [0.15, 0.2) is 0 Å². The molecule has 0 fully saturated rings. The summed E-state index contributed by atoms with van der Waals surface area (Å²) in [6.45, 7) is -0.517. The Bertz CT molecular complexity index is 592. The fourth-order valence-corrected chi connectivity index (χ4v) is 2.96. The number of rotatable bonds is 0. The summed E-state index contributed by atoms with van der Waals surface area (Å²) in [5.41, 5.74) is -1.52. The topological polar surface area (TPSA) is 63.2 Å². The largest absolute Gasteiger partial charge is 0.417 e. The van der Waals surface area contributed by atoms with E-state index in [9.17, 15) is 26.4 Å². The highest BCUT2D eigenvalue weighted by molar-refractivity contribution is 8.06. The van der Waals surface area contributed by atoms with Crippen molar-refractivity contribution in [3.8, 4) is 0 Å². The summed E-state index contributed by atoms with van der Waals surface area (Å²) in [4.78, 5) is 10.2. The molecular formula is C9H6F3NO3S. The molecule has 1 aromatic carbocycles. The van der Waals surface area contributed by atoms with Gasteiger partial charge >= 0.3 is 6.18 Å². The molecule has 0 bridgehead atoms. The van der Waals surface area contributed by atoms with Gasteiger partial charge in [-0.25, -0.2) is 8.42 Å². The highest BCUT2D eigenvalue weighted by Crippen LogP contribution is 2.39. The number of carbonyl (C=O) groups excluding carboxylic acids is 1. The van der Waals surface area contributed by atoms with E-state index in [2.05, 4.69) is 5.32 Å². The van der Waals surface area contributed by atoms with Gasteiger partial charge in [-0.2, -0.15) is 13.2 Å². The van der Waals surface area contributed by atoms with E-state index in [0.717, 1.165) is 6.07 Å². The molecule has 92 valence electrons. The second-order valence-electron chi connectivity index (χ2n) is 3.41. The lowest BCUT2D eigenvalue weighted by Gasteiger charge is -2.21. The molecule has 4 nitrogen and oxygen atoms in total. The maximum Gasteiger partial charge on any atom is 0.417 e. The monoisotopic (exact) mass is 265 g/mol. The lowest BCUT2D eigenvalue weighted by molar-refractivity contribution is -0.139. The quantitative estimate of drug-likeness (QED) is 0.770. The first kappa shape index (κ1) is 11.9. The Hall–Kier alpha value is -1.57. The molecule has 0 radical (unpaired) electrons. The smallest absolute Gasteiger partial charge is 0.376 e. The average Bonchev–Trinajstić information content (AvgIpc) is 2.22. The molecule has 1 aliphatic heterocycles. The van der Waals surface area contributed by atoms with Crippen molar-refractivity contribution in [3.63, 3.8) is 0 Å². The van der Waals surface area contributed by atoms with Gasteiger partial charge in [-0.3, -0.25) is 4.79 Å². The van der Waals surface area contributed by atoms with E-state index < -0.39 is 38.1 Å². The molecule has 0 unspecified atom stereocenters. The predicted molar refractivity (Wildman–Crippen MR) is 52.1 cm³/mol. The first-order valence-electron chi connectivity index (χ1n) is 4.46. The molecule has 1 N–H and O–H groups in total. The van der Waals surface area contributed by atoms with Crippen LogP contribution in [0.1, 0.15) is 5.56 Å². The van der Waals surface area contributed by atoms with Gasteiger partial charge in [0, 0.05) is 0 Å². The Morgan fingerprint density at radius 3 is 2.47 bits per heavy atom. The normalized spacial score (nSPS) is 18.4. The van der Waals surface area contributed by atoms with E-state index in [0.29, 0.717) is 6.07 Å². The fraction of sp³-hybridized carbons (Fsp3) is 0.222. The second kappa shape index (κ2) is 3.46.